The fourth-order valence-electron chi connectivity index (χ4n) is 3.06. The van der Waals surface area contributed by atoms with Gasteiger partial charge in [0.2, 0.25) is 21.8 Å². The molecule has 0 spiro atoms. The number of anilines is 1. The molecule has 2 aromatic rings. The fourth-order valence-corrected chi connectivity index (χ4v) is 4.35. The van der Waals surface area contributed by atoms with Crippen LogP contribution in [0.5, 0.6) is 0 Å². The summed E-state index contributed by atoms with van der Waals surface area (Å²) in [6, 6.07) is 11.3. The summed E-state index contributed by atoms with van der Waals surface area (Å²) in [6.45, 7) is 4.71. The van der Waals surface area contributed by atoms with E-state index < -0.39 is 34.3 Å². The van der Waals surface area contributed by atoms with Crippen LogP contribution >= 0.6 is 15.9 Å². The molecule has 7 nitrogen and oxygen atoms in total. The molecular formula is C22H27BrFN3O4S. The molecule has 2 rings (SSSR count). The Balaban J connectivity index is 2.39. The Morgan fingerprint density at radius 2 is 1.75 bits per heavy atom. The van der Waals surface area contributed by atoms with Crippen molar-refractivity contribution >= 4 is 43.5 Å². The van der Waals surface area contributed by atoms with Gasteiger partial charge in [0, 0.05) is 17.1 Å². The third-order valence-corrected chi connectivity index (χ3v) is 6.25. The Morgan fingerprint density at radius 1 is 1.09 bits per heavy atom. The number of hydrogen-bond donors (Lipinski definition) is 1. The summed E-state index contributed by atoms with van der Waals surface area (Å²) in [5, 5.41) is 2.77. The molecule has 2 aromatic carbocycles. The van der Waals surface area contributed by atoms with Gasteiger partial charge in [-0.25, -0.2) is 12.8 Å². The van der Waals surface area contributed by atoms with Crippen LogP contribution in [0, 0.1) is 5.82 Å². The lowest BCUT2D eigenvalue weighted by Crippen LogP contribution is -2.52. The summed E-state index contributed by atoms with van der Waals surface area (Å²) in [6.07, 6.45) is 0.943. The van der Waals surface area contributed by atoms with Crippen molar-refractivity contribution < 1.29 is 22.4 Å². The normalized spacial score (nSPS) is 12.3. The van der Waals surface area contributed by atoms with Gasteiger partial charge in [0.15, 0.2) is 0 Å². The van der Waals surface area contributed by atoms with E-state index in [-0.39, 0.29) is 24.2 Å². The third-order valence-electron chi connectivity index (χ3n) is 4.62. The molecular weight excluding hydrogens is 501 g/mol. The molecule has 0 aliphatic carbocycles. The number of benzene rings is 2. The first-order chi connectivity index (χ1) is 14.9. The summed E-state index contributed by atoms with van der Waals surface area (Å²) in [5.41, 5.74) is 0.788. The van der Waals surface area contributed by atoms with Crippen molar-refractivity contribution in [2.75, 3.05) is 17.1 Å². The van der Waals surface area contributed by atoms with E-state index >= 15 is 0 Å². The van der Waals surface area contributed by atoms with Crippen LogP contribution in [0.15, 0.2) is 53.0 Å². The van der Waals surface area contributed by atoms with Crippen LogP contribution in [0.25, 0.3) is 0 Å². The van der Waals surface area contributed by atoms with Crippen molar-refractivity contribution in [3.63, 3.8) is 0 Å². The van der Waals surface area contributed by atoms with Crippen LogP contribution in [0.2, 0.25) is 0 Å². The molecule has 0 saturated carbocycles. The van der Waals surface area contributed by atoms with E-state index in [1.54, 1.807) is 32.9 Å². The van der Waals surface area contributed by atoms with E-state index in [0.717, 1.165) is 26.7 Å². The number of carbonyl (C=O) groups is 2. The standard InChI is InChI=1S/C22H27BrFN3O4S/c1-15(2)25-22(29)16(3)26(13-17-7-5-8-18(23)11-17)21(28)14-27(32(4,30)31)20-10-6-9-19(24)12-20/h5-12,15-16H,13-14H2,1-4H3,(H,25,29). The monoisotopic (exact) mass is 527 g/mol. The van der Waals surface area contributed by atoms with Gasteiger partial charge in [0.05, 0.1) is 11.9 Å². The van der Waals surface area contributed by atoms with Gasteiger partial charge in [-0.3, -0.25) is 13.9 Å². The van der Waals surface area contributed by atoms with Crippen LogP contribution < -0.4 is 9.62 Å². The van der Waals surface area contributed by atoms with Crippen LogP contribution in [0.1, 0.15) is 26.3 Å². The summed E-state index contributed by atoms with van der Waals surface area (Å²) in [5.74, 6) is -1.58. The van der Waals surface area contributed by atoms with E-state index in [0.29, 0.717) is 0 Å². The number of halogens is 2. The van der Waals surface area contributed by atoms with Gasteiger partial charge in [-0.05, 0) is 56.7 Å². The van der Waals surface area contributed by atoms with E-state index in [2.05, 4.69) is 21.2 Å². The minimum Gasteiger partial charge on any atom is -0.352 e. The van der Waals surface area contributed by atoms with E-state index in [4.69, 9.17) is 0 Å². The summed E-state index contributed by atoms with van der Waals surface area (Å²) < 4.78 is 40.2. The van der Waals surface area contributed by atoms with Gasteiger partial charge in [-0.1, -0.05) is 34.1 Å². The zero-order valence-electron chi connectivity index (χ0n) is 18.4. The Morgan fingerprint density at radius 3 is 2.31 bits per heavy atom. The molecule has 0 saturated heterocycles. The highest BCUT2D eigenvalue weighted by Gasteiger charge is 2.30. The van der Waals surface area contributed by atoms with Gasteiger partial charge >= 0.3 is 0 Å². The number of carbonyl (C=O) groups excluding carboxylic acids is 2. The first-order valence-electron chi connectivity index (χ1n) is 9.96. The fraction of sp³-hybridized carbons (Fsp3) is 0.364. The Labute approximate surface area is 196 Å². The van der Waals surface area contributed by atoms with Gasteiger partial charge in [0.1, 0.15) is 18.4 Å². The molecule has 1 N–H and O–H groups in total. The molecule has 0 aliphatic rings. The molecule has 2 amide bonds. The molecule has 1 atom stereocenters. The average Bonchev–Trinajstić information content (AvgIpc) is 2.68. The topological polar surface area (TPSA) is 86.8 Å². The predicted octanol–water partition coefficient (Wildman–Crippen LogP) is 3.30. The van der Waals surface area contributed by atoms with Crippen LogP contribution in [0.3, 0.4) is 0 Å². The summed E-state index contributed by atoms with van der Waals surface area (Å²) in [4.78, 5) is 27.3. The van der Waals surface area contributed by atoms with E-state index in [1.165, 1.54) is 23.1 Å². The van der Waals surface area contributed by atoms with Crippen molar-refractivity contribution in [2.45, 2.75) is 39.4 Å². The van der Waals surface area contributed by atoms with Crippen molar-refractivity contribution in [3.8, 4) is 0 Å². The van der Waals surface area contributed by atoms with Gasteiger partial charge in [-0.15, -0.1) is 0 Å². The van der Waals surface area contributed by atoms with Crippen molar-refractivity contribution in [1.29, 1.82) is 0 Å². The molecule has 0 heterocycles. The number of rotatable bonds is 9. The molecule has 0 bridgehead atoms. The third kappa shape index (κ3) is 7.30. The Bertz CT molecular complexity index is 1080. The highest BCUT2D eigenvalue weighted by Crippen LogP contribution is 2.20. The van der Waals surface area contributed by atoms with Crippen molar-refractivity contribution in [2.24, 2.45) is 0 Å². The highest BCUT2D eigenvalue weighted by atomic mass is 79.9. The predicted molar refractivity (Wildman–Crippen MR) is 126 cm³/mol. The second-order valence-electron chi connectivity index (χ2n) is 7.74. The van der Waals surface area contributed by atoms with Gasteiger partial charge in [0.25, 0.3) is 0 Å². The first kappa shape index (κ1) is 25.8. The molecule has 32 heavy (non-hydrogen) atoms. The quantitative estimate of drug-likeness (QED) is 0.542. The molecule has 10 heteroatoms. The lowest BCUT2D eigenvalue weighted by Gasteiger charge is -2.32. The van der Waals surface area contributed by atoms with Crippen LogP contribution in [-0.4, -0.2) is 50.0 Å². The maximum atomic E-state index is 13.7. The largest absolute Gasteiger partial charge is 0.352 e. The zero-order chi connectivity index (χ0) is 24.1. The second-order valence-corrected chi connectivity index (χ2v) is 10.6. The number of amides is 2. The molecule has 0 aliphatic heterocycles. The molecule has 0 aromatic heterocycles. The van der Waals surface area contributed by atoms with Gasteiger partial charge < -0.3 is 10.2 Å². The molecule has 0 radical (unpaired) electrons. The number of nitrogens with zero attached hydrogens (tertiary/aromatic N) is 2. The number of nitrogens with one attached hydrogen (secondary N) is 1. The van der Waals surface area contributed by atoms with E-state index in [1.807, 2.05) is 12.1 Å². The minimum atomic E-state index is -3.90. The Kier molecular flexibility index (Phi) is 8.80. The van der Waals surface area contributed by atoms with Crippen LogP contribution in [-0.2, 0) is 26.2 Å². The first-order valence-corrected chi connectivity index (χ1v) is 12.6. The number of sulfonamides is 1. The zero-order valence-corrected chi connectivity index (χ0v) is 20.8. The lowest BCUT2D eigenvalue weighted by molar-refractivity contribution is -0.139. The smallest absolute Gasteiger partial charge is 0.244 e. The van der Waals surface area contributed by atoms with E-state index in [9.17, 15) is 22.4 Å². The SMILES string of the molecule is CC(C)NC(=O)C(C)N(Cc1cccc(Br)c1)C(=O)CN(c1cccc(F)c1)S(C)(=O)=O. The summed E-state index contributed by atoms with van der Waals surface area (Å²) in [7, 11) is -3.90. The second kappa shape index (κ2) is 10.9. The summed E-state index contributed by atoms with van der Waals surface area (Å²) >= 11 is 3.39. The molecule has 1 unspecified atom stereocenters. The minimum absolute atomic E-state index is 0.0301. The number of hydrogen-bond acceptors (Lipinski definition) is 4. The molecule has 0 fully saturated rings. The van der Waals surface area contributed by atoms with Gasteiger partial charge in [-0.2, -0.15) is 0 Å². The Hall–Kier alpha value is -2.46. The highest BCUT2D eigenvalue weighted by molar-refractivity contribution is 9.10. The van der Waals surface area contributed by atoms with Crippen molar-refractivity contribution in [3.05, 3.63) is 64.4 Å². The van der Waals surface area contributed by atoms with Crippen LogP contribution in [0.4, 0.5) is 10.1 Å². The van der Waals surface area contributed by atoms with Crippen molar-refractivity contribution in [1.82, 2.24) is 10.2 Å². The maximum Gasteiger partial charge on any atom is 0.244 e. The average molecular weight is 528 g/mol. The maximum absolute atomic E-state index is 13.7. The lowest BCUT2D eigenvalue weighted by atomic mass is 10.1. The molecule has 174 valence electrons.